The summed E-state index contributed by atoms with van der Waals surface area (Å²) in [5.41, 5.74) is 2.16. The lowest BCUT2D eigenvalue weighted by Crippen LogP contribution is -2.40. The van der Waals surface area contributed by atoms with Crippen molar-refractivity contribution in [1.82, 2.24) is 9.88 Å². The van der Waals surface area contributed by atoms with Crippen molar-refractivity contribution in [1.29, 1.82) is 0 Å². The summed E-state index contributed by atoms with van der Waals surface area (Å²) in [6, 6.07) is 12.3. The van der Waals surface area contributed by atoms with Crippen LogP contribution in [0.4, 0.5) is 4.39 Å². The lowest BCUT2D eigenvalue weighted by atomic mass is 9.91. The molecule has 3 aromatic rings. The number of aryl methyl sites for hydroxylation is 1. The van der Waals surface area contributed by atoms with Crippen LogP contribution in [0.5, 0.6) is 11.5 Å². The summed E-state index contributed by atoms with van der Waals surface area (Å²) in [6.07, 6.45) is 3.59. The largest absolute Gasteiger partial charge is 0.496 e. The Labute approximate surface area is 175 Å². The zero-order valence-electron chi connectivity index (χ0n) is 17.2. The van der Waals surface area contributed by atoms with Gasteiger partial charge in [0.25, 0.3) is 5.91 Å². The van der Waals surface area contributed by atoms with Crippen molar-refractivity contribution >= 4 is 16.7 Å². The molecule has 156 valence electrons. The molecule has 1 aliphatic rings. The number of aromatic nitrogens is 1. The fourth-order valence-electron chi connectivity index (χ4n) is 4.02. The first kappa shape index (κ1) is 20.1. The van der Waals surface area contributed by atoms with Crippen molar-refractivity contribution in [3.8, 4) is 11.5 Å². The van der Waals surface area contributed by atoms with Crippen molar-refractivity contribution in [3.63, 3.8) is 0 Å². The van der Waals surface area contributed by atoms with E-state index in [0.717, 1.165) is 40.6 Å². The number of halogens is 1. The van der Waals surface area contributed by atoms with Crippen LogP contribution in [0.1, 0.15) is 30.0 Å². The fourth-order valence-corrected chi connectivity index (χ4v) is 4.02. The molecule has 0 spiro atoms. The van der Waals surface area contributed by atoms with E-state index >= 15 is 0 Å². The van der Waals surface area contributed by atoms with Crippen LogP contribution in [0.25, 0.3) is 10.8 Å². The summed E-state index contributed by atoms with van der Waals surface area (Å²) in [5.74, 6) is 0.695. The van der Waals surface area contributed by atoms with Gasteiger partial charge in [0.2, 0.25) is 0 Å². The van der Waals surface area contributed by atoms with Crippen LogP contribution in [-0.4, -0.2) is 42.6 Å². The molecule has 1 fully saturated rings. The number of nitrogens with zero attached hydrogens (tertiary/aromatic N) is 2. The molecular weight excluding hydrogens is 383 g/mol. The summed E-state index contributed by atoms with van der Waals surface area (Å²) in [5, 5.41) is 2.24. The topological polar surface area (TPSA) is 51.7 Å². The van der Waals surface area contributed by atoms with Crippen molar-refractivity contribution < 1.29 is 18.7 Å². The van der Waals surface area contributed by atoms with Crippen molar-refractivity contribution in [2.75, 3.05) is 26.8 Å². The third-order valence-electron chi connectivity index (χ3n) is 5.82. The average molecular weight is 408 g/mol. The molecular formula is C24H25FN2O3. The number of piperidine rings is 1. The summed E-state index contributed by atoms with van der Waals surface area (Å²) in [4.78, 5) is 18.9. The van der Waals surface area contributed by atoms with E-state index in [-0.39, 0.29) is 18.3 Å². The maximum Gasteiger partial charge on any atom is 0.260 e. The molecule has 1 saturated heterocycles. The third-order valence-corrected chi connectivity index (χ3v) is 5.82. The number of para-hydroxylation sites is 1. The number of rotatable bonds is 5. The monoisotopic (exact) mass is 408 g/mol. The molecule has 1 aliphatic heterocycles. The van der Waals surface area contributed by atoms with Crippen LogP contribution in [0.3, 0.4) is 0 Å². The van der Waals surface area contributed by atoms with E-state index in [1.54, 1.807) is 24.1 Å². The van der Waals surface area contributed by atoms with E-state index < -0.39 is 5.82 Å². The van der Waals surface area contributed by atoms with E-state index in [0.29, 0.717) is 19.0 Å². The Bertz CT molecular complexity index is 1060. The second kappa shape index (κ2) is 8.69. The number of likely N-dealkylation sites (tertiary alicyclic amines) is 1. The van der Waals surface area contributed by atoms with Gasteiger partial charge in [-0.05, 0) is 61.0 Å². The van der Waals surface area contributed by atoms with Crippen LogP contribution in [0.2, 0.25) is 0 Å². The van der Waals surface area contributed by atoms with Gasteiger partial charge in [-0.15, -0.1) is 0 Å². The molecule has 0 unspecified atom stereocenters. The van der Waals surface area contributed by atoms with Gasteiger partial charge in [0.05, 0.1) is 7.11 Å². The molecule has 2 aromatic carbocycles. The second-order valence-corrected chi connectivity index (χ2v) is 7.60. The first-order valence-corrected chi connectivity index (χ1v) is 10.1. The first-order chi connectivity index (χ1) is 14.6. The van der Waals surface area contributed by atoms with E-state index in [2.05, 4.69) is 18.0 Å². The highest BCUT2D eigenvalue weighted by molar-refractivity contribution is 5.87. The molecule has 30 heavy (non-hydrogen) atoms. The number of hydrogen-bond donors (Lipinski definition) is 0. The van der Waals surface area contributed by atoms with Crippen molar-refractivity contribution in [2.45, 2.75) is 25.7 Å². The zero-order chi connectivity index (χ0) is 21.1. The highest BCUT2D eigenvalue weighted by atomic mass is 19.1. The number of hydrogen-bond acceptors (Lipinski definition) is 4. The lowest BCUT2D eigenvalue weighted by molar-refractivity contribution is -0.134. The van der Waals surface area contributed by atoms with Crippen LogP contribution in [0, 0.1) is 12.7 Å². The molecule has 0 N–H and O–H groups in total. The summed E-state index contributed by atoms with van der Waals surface area (Å²) < 4.78 is 24.4. The zero-order valence-corrected chi connectivity index (χ0v) is 17.2. The van der Waals surface area contributed by atoms with Gasteiger partial charge in [0.1, 0.15) is 5.75 Å². The molecule has 2 heterocycles. The molecule has 1 aromatic heterocycles. The van der Waals surface area contributed by atoms with Gasteiger partial charge >= 0.3 is 0 Å². The van der Waals surface area contributed by atoms with E-state index in [9.17, 15) is 9.18 Å². The van der Waals surface area contributed by atoms with Gasteiger partial charge in [-0.1, -0.05) is 12.1 Å². The minimum atomic E-state index is -0.460. The minimum Gasteiger partial charge on any atom is -0.496 e. The Morgan fingerprint density at radius 3 is 2.67 bits per heavy atom. The van der Waals surface area contributed by atoms with Crippen LogP contribution < -0.4 is 9.47 Å². The molecule has 0 bridgehead atoms. The fraction of sp³-hybridized carbons (Fsp3) is 0.333. The third kappa shape index (κ3) is 4.08. The van der Waals surface area contributed by atoms with Gasteiger partial charge in [-0.3, -0.25) is 9.78 Å². The summed E-state index contributed by atoms with van der Waals surface area (Å²) in [7, 11) is 1.68. The average Bonchev–Trinajstić information content (AvgIpc) is 2.78. The number of pyridine rings is 1. The number of ether oxygens (including phenoxy) is 2. The lowest BCUT2D eigenvalue weighted by Gasteiger charge is -2.31. The number of amides is 1. The number of carbonyl (C=O) groups excluding carboxylic acids is 1. The quantitative estimate of drug-likeness (QED) is 0.625. The normalized spacial score (nSPS) is 14.7. The number of methoxy groups -OCH3 is 1. The number of fused-ring (bicyclic) bond motifs is 1. The van der Waals surface area contributed by atoms with Gasteiger partial charge in [0, 0.05) is 36.3 Å². The first-order valence-electron chi connectivity index (χ1n) is 10.1. The van der Waals surface area contributed by atoms with E-state index in [1.807, 2.05) is 18.3 Å². The highest BCUT2D eigenvalue weighted by Gasteiger charge is 2.25. The Balaban J connectivity index is 1.39. The molecule has 0 saturated carbocycles. The minimum absolute atomic E-state index is 0.104. The molecule has 0 aliphatic carbocycles. The predicted molar refractivity (Wildman–Crippen MR) is 113 cm³/mol. The predicted octanol–water partition coefficient (Wildman–Crippen LogP) is 4.48. The summed E-state index contributed by atoms with van der Waals surface area (Å²) >= 11 is 0. The SMILES string of the molecule is COc1ccc2cnc(C3CCN(C(=O)COc4ccccc4F)CC3)cc2c1C. The molecule has 1 amide bonds. The maximum atomic E-state index is 13.6. The Hall–Kier alpha value is -3.15. The van der Waals surface area contributed by atoms with Crippen LogP contribution in [-0.2, 0) is 4.79 Å². The Morgan fingerprint density at radius 2 is 1.93 bits per heavy atom. The Kier molecular flexibility index (Phi) is 5.84. The van der Waals surface area contributed by atoms with E-state index in [4.69, 9.17) is 9.47 Å². The molecule has 5 nitrogen and oxygen atoms in total. The molecule has 0 atom stereocenters. The van der Waals surface area contributed by atoms with Gasteiger partial charge < -0.3 is 14.4 Å². The van der Waals surface area contributed by atoms with Crippen molar-refractivity contribution in [3.05, 3.63) is 65.7 Å². The highest BCUT2D eigenvalue weighted by Crippen LogP contribution is 2.32. The smallest absolute Gasteiger partial charge is 0.260 e. The number of carbonyl (C=O) groups is 1. The number of benzene rings is 2. The molecule has 0 radical (unpaired) electrons. The molecule has 4 rings (SSSR count). The van der Waals surface area contributed by atoms with Crippen LogP contribution >= 0.6 is 0 Å². The Morgan fingerprint density at radius 1 is 1.17 bits per heavy atom. The van der Waals surface area contributed by atoms with Crippen LogP contribution in [0.15, 0.2) is 48.7 Å². The summed E-state index contributed by atoms with van der Waals surface area (Å²) in [6.45, 7) is 3.18. The maximum absolute atomic E-state index is 13.6. The van der Waals surface area contributed by atoms with Gasteiger partial charge in [-0.25, -0.2) is 4.39 Å². The van der Waals surface area contributed by atoms with Crippen molar-refractivity contribution in [2.24, 2.45) is 0 Å². The standard InChI is InChI=1S/C24H25FN2O3/c1-16-19-13-21(26-14-18(19)7-8-22(16)29-2)17-9-11-27(12-10-17)24(28)15-30-23-6-4-3-5-20(23)25/h3-8,13-14,17H,9-12,15H2,1-2H3. The van der Waals surface area contributed by atoms with Gasteiger partial charge in [0.15, 0.2) is 18.2 Å². The van der Waals surface area contributed by atoms with E-state index in [1.165, 1.54) is 12.1 Å². The van der Waals surface area contributed by atoms with Gasteiger partial charge in [-0.2, -0.15) is 0 Å². The molecule has 6 heteroatoms. The second-order valence-electron chi connectivity index (χ2n) is 7.60.